The fourth-order valence-corrected chi connectivity index (χ4v) is 3.03. The normalized spacial score (nSPS) is 10.5. The highest BCUT2D eigenvalue weighted by Crippen LogP contribution is 2.22. The molecule has 1 N–H and O–H groups in total. The van der Waals surface area contributed by atoms with Gasteiger partial charge in [0.25, 0.3) is 0 Å². The molecule has 0 aliphatic rings. The van der Waals surface area contributed by atoms with E-state index in [1.807, 2.05) is 12.4 Å². The van der Waals surface area contributed by atoms with Crippen molar-refractivity contribution in [2.24, 2.45) is 0 Å². The number of aromatic nitrogens is 1. The smallest absolute Gasteiger partial charge is 0.303 e. The van der Waals surface area contributed by atoms with Crippen LogP contribution in [-0.4, -0.2) is 23.1 Å². The summed E-state index contributed by atoms with van der Waals surface area (Å²) in [6.45, 7) is 0.829. The zero-order valence-electron chi connectivity index (χ0n) is 10.00. The van der Waals surface area contributed by atoms with Crippen molar-refractivity contribution >= 4 is 33.8 Å². The quantitative estimate of drug-likeness (QED) is 0.885. The molecule has 2 heterocycles. The van der Waals surface area contributed by atoms with Crippen LogP contribution >= 0.6 is 22.7 Å². The predicted molar refractivity (Wildman–Crippen MR) is 74.5 cm³/mol. The predicted octanol–water partition coefficient (Wildman–Crippen LogP) is 2.86. The minimum absolute atomic E-state index is 0.136. The summed E-state index contributed by atoms with van der Waals surface area (Å²) in [5.41, 5.74) is 2.12. The summed E-state index contributed by atoms with van der Waals surface area (Å²) < 4.78 is 0. The molecule has 0 radical (unpaired) electrons. The third-order valence-electron chi connectivity index (χ3n) is 2.46. The number of carboxylic acid groups (broad SMARTS) is 1. The van der Waals surface area contributed by atoms with Crippen LogP contribution in [0, 0.1) is 0 Å². The van der Waals surface area contributed by atoms with E-state index in [4.69, 9.17) is 5.11 Å². The summed E-state index contributed by atoms with van der Waals surface area (Å²) in [5, 5.41) is 15.7. The number of aryl methyl sites for hydroxylation is 1. The molecule has 0 fully saturated rings. The van der Waals surface area contributed by atoms with E-state index in [0.717, 1.165) is 17.4 Å². The van der Waals surface area contributed by atoms with Crippen molar-refractivity contribution in [1.82, 2.24) is 4.98 Å². The topological polar surface area (TPSA) is 53.4 Å². The number of thiazole rings is 1. The van der Waals surface area contributed by atoms with E-state index < -0.39 is 5.97 Å². The van der Waals surface area contributed by atoms with E-state index >= 15 is 0 Å². The Balaban J connectivity index is 1.94. The Labute approximate surface area is 114 Å². The Morgan fingerprint density at radius 2 is 2.33 bits per heavy atom. The maximum Gasteiger partial charge on any atom is 0.303 e. The second-order valence-corrected chi connectivity index (χ2v) is 5.62. The lowest BCUT2D eigenvalue weighted by Crippen LogP contribution is -2.15. The Hall–Kier alpha value is -1.40. The average Bonchev–Trinajstić information content (AvgIpc) is 2.96. The summed E-state index contributed by atoms with van der Waals surface area (Å²) in [4.78, 5) is 17.0. The van der Waals surface area contributed by atoms with Gasteiger partial charge >= 0.3 is 5.97 Å². The van der Waals surface area contributed by atoms with Gasteiger partial charge in [0, 0.05) is 25.4 Å². The van der Waals surface area contributed by atoms with Gasteiger partial charge in [0.15, 0.2) is 5.13 Å². The van der Waals surface area contributed by atoms with Crippen molar-refractivity contribution in [3.8, 4) is 0 Å². The molecule has 0 spiro atoms. The maximum atomic E-state index is 10.5. The lowest BCUT2D eigenvalue weighted by Gasteiger charge is -2.14. The molecule has 0 bridgehead atoms. The van der Waals surface area contributed by atoms with Gasteiger partial charge in [-0.15, -0.1) is 11.3 Å². The van der Waals surface area contributed by atoms with Gasteiger partial charge in [0.2, 0.25) is 0 Å². The summed E-state index contributed by atoms with van der Waals surface area (Å²) in [6.07, 6.45) is 0.634. The van der Waals surface area contributed by atoms with Crippen LogP contribution < -0.4 is 4.90 Å². The fraction of sp³-hybridized carbons (Fsp3) is 0.333. The highest BCUT2D eigenvalue weighted by molar-refractivity contribution is 7.13. The largest absolute Gasteiger partial charge is 0.481 e. The SMILES string of the molecule is CN(Cc1ccsc1)c1nc(CCC(=O)O)cs1. The van der Waals surface area contributed by atoms with E-state index in [1.54, 1.807) is 22.7 Å². The van der Waals surface area contributed by atoms with Gasteiger partial charge in [-0.2, -0.15) is 11.3 Å². The summed E-state index contributed by atoms with van der Waals surface area (Å²) in [6, 6.07) is 2.10. The Bertz CT molecular complexity index is 508. The number of rotatable bonds is 6. The molecule has 4 nitrogen and oxygen atoms in total. The van der Waals surface area contributed by atoms with Gasteiger partial charge in [0.05, 0.1) is 12.1 Å². The molecular formula is C12H14N2O2S2. The summed E-state index contributed by atoms with van der Waals surface area (Å²) in [5.74, 6) is -0.781. The standard InChI is InChI=1S/C12H14N2O2S2/c1-14(6-9-4-5-17-7-9)12-13-10(8-18-12)2-3-11(15)16/h4-5,7-8H,2-3,6H2,1H3,(H,15,16). The molecule has 2 aromatic rings. The van der Waals surface area contributed by atoms with Gasteiger partial charge in [-0.05, 0) is 22.4 Å². The third-order valence-corrected chi connectivity index (χ3v) is 4.20. The van der Waals surface area contributed by atoms with Crippen molar-refractivity contribution in [2.75, 3.05) is 11.9 Å². The first-order valence-electron chi connectivity index (χ1n) is 5.53. The highest BCUT2D eigenvalue weighted by atomic mass is 32.1. The number of anilines is 1. The number of hydrogen-bond acceptors (Lipinski definition) is 5. The second-order valence-electron chi connectivity index (χ2n) is 4.00. The number of thiophene rings is 1. The summed E-state index contributed by atoms with van der Waals surface area (Å²) in [7, 11) is 2.00. The van der Waals surface area contributed by atoms with E-state index in [9.17, 15) is 4.79 Å². The Morgan fingerprint density at radius 3 is 3.00 bits per heavy atom. The molecule has 2 aromatic heterocycles. The van der Waals surface area contributed by atoms with Gasteiger partial charge in [-0.3, -0.25) is 4.79 Å². The molecule has 0 aliphatic heterocycles. The zero-order valence-corrected chi connectivity index (χ0v) is 11.6. The van der Waals surface area contributed by atoms with Gasteiger partial charge < -0.3 is 10.0 Å². The van der Waals surface area contributed by atoms with Gasteiger partial charge in [-0.25, -0.2) is 4.98 Å². The van der Waals surface area contributed by atoms with E-state index in [-0.39, 0.29) is 6.42 Å². The molecule has 0 amide bonds. The first-order chi connectivity index (χ1) is 8.65. The van der Waals surface area contributed by atoms with E-state index in [0.29, 0.717) is 6.42 Å². The molecule has 96 valence electrons. The van der Waals surface area contributed by atoms with Crippen LogP contribution in [0.2, 0.25) is 0 Å². The van der Waals surface area contributed by atoms with Crippen LogP contribution in [0.1, 0.15) is 17.7 Å². The molecule has 0 atom stereocenters. The van der Waals surface area contributed by atoms with Crippen molar-refractivity contribution in [2.45, 2.75) is 19.4 Å². The molecule has 2 rings (SSSR count). The lowest BCUT2D eigenvalue weighted by molar-refractivity contribution is -0.136. The third kappa shape index (κ3) is 3.54. The first-order valence-corrected chi connectivity index (χ1v) is 7.36. The Morgan fingerprint density at radius 1 is 1.50 bits per heavy atom. The maximum absolute atomic E-state index is 10.5. The summed E-state index contributed by atoms with van der Waals surface area (Å²) >= 11 is 3.24. The molecule has 0 aromatic carbocycles. The number of hydrogen-bond donors (Lipinski definition) is 1. The van der Waals surface area contributed by atoms with Gasteiger partial charge in [0.1, 0.15) is 0 Å². The van der Waals surface area contributed by atoms with Gasteiger partial charge in [-0.1, -0.05) is 0 Å². The molecule has 0 saturated heterocycles. The second kappa shape index (κ2) is 5.97. The van der Waals surface area contributed by atoms with Crippen molar-refractivity contribution in [3.05, 3.63) is 33.5 Å². The monoisotopic (exact) mass is 282 g/mol. The highest BCUT2D eigenvalue weighted by Gasteiger charge is 2.09. The lowest BCUT2D eigenvalue weighted by atomic mass is 10.2. The van der Waals surface area contributed by atoms with Crippen LogP contribution in [0.15, 0.2) is 22.2 Å². The average molecular weight is 282 g/mol. The number of aliphatic carboxylic acids is 1. The molecule has 0 saturated carbocycles. The molecule has 18 heavy (non-hydrogen) atoms. The van der Waals surface area contributed by atoms with Crippen LogP contribution in [-0.2, 0) is 17.8 Å². The van der Waals surface area contributed by atoms with Crippen molar-refractivity contribution in [1.29, 1.82) is 0 Å². The molecule has 0 unspecified atom stereocenters. The van der Waals surface area contributed by atoms with Crippen LogP contribution in [0.5, 0.6) is 0 Å². The number of carboxylic acids is 1. The molecular weight excluding hydrogens is 268 g/mol. The van der Waals surface area contributed by atoms with Crippen LogP contribution in [0.25, 0.3) is 0 Å². The Kier molecular flexibility index (Phi) is 4.33. The molecule has 0 aliphatic carbocycles. The fourth-order valence-electron chi connectivity index (χ4n) is 1.55. The minimum Gasteiger partial charge on any atom is -0.481 e. The molecule has 6 heteroatoms. The van der Waals surface area contributed by atoms with E-state index in [1.165, 1.54) is 5.56 Å². The minimum atomic E-state index is -0.781. The zero-order chi connectivity index (χ0) is 13.0. The van der Waals surface area contributed by atoms with Crippen molar-refractivity contribution in [3.63, 3.8) is 0 Å². The van der Waals surface area contributed by atoms with E-state index in [2.05, 4.69) is 26.7 Å². The van der Waals surface area contributed by atoms with Crippen molar-refractivity contribution < 1.29 is 9.90 Å². The number of carbonyl (C=O) groups is 1. The van der Waals surface area contributed by atoms with Crippen LogP contribution in [0.4, 0.5) is 5.13 Å². The number of nitrogens with zero attached hydrogens (tertiary/aromatic N) is 2. The first kappa shape index (κ1) is 13.0. The van der Waals surface area contributed by atoms with Crippen LogP contribution in [0.3, 0.4) is 0 Å².